The zero-order valence-electron chi connectivity index (χ0n) is 20.8. The predicted molar refractivity (Wildman–Crippen MR) is 136 cm³/mol. The highest BCUT2D eigenvalue weighted by Crippen LogP contribution is 2.32. The maximum Gasteiger partial charge on any atom is 0.268 e. The number of rotatable bonds is 8. The molecule has 0 aliphatic rings. The minimum atomic E-state index is -0.296. The van der Waals surface area contributed by atoms with Crippen molar-refractivity contribution in [1.29, 1.82) is 0 Å². The van der Waals surface area contributed by atoms with Gasteiger partial charge in [-0.2, -0.15) is 0 Å². The molecule has 4 aromatic heterocycles. The van der Waals surface area contributed by atoms with Crippen molar-refractivity contribution in [2.75, 3.05) is 7.11 Å². The van der Waals surface area contributed by atoms with E-state index in [-0.39, 0.29) is 23.9 Å². The first-order valence-corrected chi connectivity index (χ1v) is 11.8. The van der Waals surface area contributed by atoms with Gasteiger partial charge in [-0.1, -0.05) is 27.2 Å². The third-order valence-corrected chi connectivity index (χ3v) is 6.08. The number of carbonyl (C=O) groups is 1. The molecule has 8 heteroatoms. The quantitative estimate of drug-likeness (QED) is 0.395. The molecule has 0 spiro atoms. The Balaban J connectivity index is 1.77. The van der Waals surface area contributed by atoms with E-state index in [0.29, 0.717) is 17.0 Å². The summed E-state index contributed by atoms with van der Waals surface area (Å²) in [6.45, 7) is 8.20. The van der Waals surface area contributed by atoms with E-state index in [2.05, 4.69) is 41.0 Å². The largest absolute Gasteiger partial charge is 0.496 e. The van der Waals surface area contributed by atoms with E-state index in [0.717, 1.165) is 46.4 Å². The number of aromatic nitrogens is 4. The zero-order chi connectivity index (χ0) is 25.1. The summed E-state index contributed by atoms with van der Waals surface area (Å²) in [6, 6.07) is 7.57. The van der Waals surface area contributed by atoms with Gasteiger partial charge in [0.2, 0.25) is 0 Å². The van der Waals surface area contributed by atoms with E-state index in [1.165, 1.54) is 0 Å². The van der Waals surface area contributed by atoms with Gasteiger partial charge in [-0.05, 0) is 54.7 Å². The molecule has 0 aliphatic carbocycles. The van der Waals surface area contributed by atoms with Crippen LogP contribution in [0.15, 0.2) is 47.8 Å². The third-order valence-electron chi connectivity index (χ3n) is 6.08. The van der Waals surface area contributed by atoms with Gasteiger partial charge in [-0.3, -0.25) is 19.0 Å². The van der Waals surface area contributed by atoms with Crippen LogP contribution >= 0.6 is 0 Å². The molecule has 0 bridgehead atoms. The number of hydrogen-bond donors (Lipinski definition) is 2. The monoisotopic (exact) mass is 473 g/mol. The summed E-state index contributed by atoms with van der Waals surface area (Å²) in [7, 11) is 1.61. The van der Waals surface area contributed by atoms with Crippen LogP contribution < -0.4 is 15.6 Å². The van der Waals surface area contributed by atoms with E-state index >= 15 is 0 Å². The molecule has 4 heterocycles. The Morgan fingerprint density at radius 3 is 2.77 bits per heavy atom. The topological polar surface area (TPSA) is 101 Å². The lowest BCUT2D eigenvalue weighted by molar-refractivity contribution is 0.0944. The molecule has 0 radical (unpaired) electrons. The second kappa shape index (κ2) is 10.1. The van der Waals surface area contributed by atoms with Crippen molar-refractivity contribution >= 4 is 11.4 Å². The lowest BCUT2D eigenvalue weighted by atomic mass is 10.0. The molecular weight excluding hydrogens is 442 g/mol. The predicted octanol–water partition coefficient (Wildman–Crippen LogP) is 4.41. The Hall–Kier alpha value is -3.94. The molecule has 4 aromatic rings. The van der Waals surface area contributed by atoms with Crippen LogP contribution in [-0.2, 0) is 13.0 Å². The van der Waals surface area contributed by atoms with Gasteiger partial charge in [0.25, 0.3) is 11.5 Å². The molecule has 0 aromatic carbocycles. The van der Waals surface area contributed by atoms with Crippen molar-refractivity contribution in [3.8, 4) is 16.9 Å². The van der Waals surface area contributed by atoms with Gasteiger partial charge in [0.1, 0.15) is 17.8 Å². The first-order valence-electron chi connectivity index (χ1n) is 11.8. The van der Waals surface area contributed by atoms with E-state index in [1.54, 1.807) is 42.4 Å². The average molecular weight is 474 g/mol. The number of amides is 1. The van der Waals surface area contributed by atoms with Crippen LogP contribution in [0.5, 0.6) is 5.75 Å². The Bertz CT molecular complexity index is 1430. The maximum absolute atomic E-state index is 13.5. The number of nitrogens with one attached hydrogen (secondary N) is 2. The number of fused-ring (bicyclic) bond motifs is 1. The Labute approximate surface area is 204 Å². The number of pyridine rings is 3. The molecule has 8 nitrogen and oxygen atoms in total. The summed E-state index contributed by atoms with van der Waals surface area (Å²) >= 11 is 0. The maximum atomic E-state index is 13.5. The van der Waals surface area contributed by atoms with Gasteiger partial charge in [0, 0.05) is 35.8 Å². The molecule has 1 amide bonds. The normalized spacial score (nSPS) is 11.3. The highest BCUT2D eigenvalue weighted by Gasteiger charge is 2.19. The van der Waals surface area contributed by atoms with Crippen LogP contribution in [-0.4, -0.2) is 32.4 Å². The van der Waals surface area contributed by atoms with E-state index in [1.807, 2.05) is 19.1 Å². The number of methoxy groups -OCH3 is 1. The van der Waals surface area contributed by atoms with Gasteiger partial charge in [-0.15, -0.1) is 0 Å². The van der Waals surface area contributed by atoms with Gasteiger partial charge in [0.05, 0.1) is 18.3 Å². The van der Waals surface area contributed by atoms with Crippen LogP contribution in [0, 0.1) is 6.92 Å². The van der Waals surface area contributed by atoms with Gasteiger partial charge >= 0.3 is 0 Å². The smallest absolute Gasteiger partial charge is 0.268 e. The Morgan fingerprint density at radius 1 is 1.26 bits per heavy atom. The van der Waals surface area contributed by atoms with Gasteiger partial charge in [-0.25, -0.2) is 4.98 Å². The number of hydrogen-bond acceptors (Lipinski definition) is 5. The number of H-pyrrole nitrogens is 1. The number of aryl methyl sites for hydroxylation is 2. The fraction of sp³-hybridized carbons (Fsp3) is 0.333. The lowest BCUT2D eigenvalue weighted by Crippen LogP contribution is -2.29. The standard InChI is InChI=1S/C27H31N5O3/c1-6-7-18-10-17(4)31-26(33)21(18)14-29-27(34)23-12-19(20-13-28-9-8-24(20)35-5)11-22-25(16(2)3)30-15-32(22)23/h8-13,15-16H,6-7,14H2,1-5H3,(H,29,34)(H,31,33). The highest BCUT2D eigenvalue weighted by atomic mass is 16.5. The SMILES string of the molecule is CCCc1cc(C)[nH]c(=O)c1CNC(=O)c1cc(-c2cnccc2OC)cc2c(C(C)C)ncn12. The molecule has 0 saturated heterocycles. The molecule has 0 aliphatic heterocycles. The molecule has 0 unspecified atom stereocenters. The first-order chi connectivity index (χ1) is 16.8. The summed E-state index contributed by atoms with van der Waals surface area (Å²) in [5.41, 5.74) is 5.92. The van der Waals surface area contributed by atoms with Crippen LogP contribution in [0.25, 0.3) is 16.6 Å². The fourth-order valence-electron chi connectivity index (χ4n) is 4.40. The Kier molecular flexibility index (Phi) is 7.00. The van der Waals surface area contributed by atoms with Crippen molar-refractivity contribution in [2.24, 2.45) is 0 Å². The zero-order valence-corrected chi connectivity index (χ0v) is 20.8. The van der Waals surface area contributed by atoms with Crippen molar-refractivity contribution in [2.45, 2.75) is 53.0 Å². The number of ether oxygens (including phenoxy) is 1. The summed E-state index contributed by atoms with van der Waals surface area (Å²) in [5.74, 6) is 0.538. The first kappa shape index (κ1) is 24.2. The number of carbonyl (C=O) groups excluding carboxylic acids is 1. The van der Waals surface area contributed by atoms with Crippen molar-refractivity contribution in [3.05, 3.63) is 81.5 Å². The molecular formula is C27H31N5O3. The van der Waals surface area contributed by atoms with Gasteiger partial charge < -0.3 is 15.0 Å². The molecule has 0 fully saturated rings. The second-order valence-electron chi connectivity index (χ2n) is 8.96. The summed E-state index contributed by atoms with van der Waals surface area (Å²) in [6.07, 6.45) is 6.74. The van der Waals surface area contributed by atoms with Gasteiger partial charge in [0.15, 0.2) is 0 Å². The van der Waals surface area contributed by atoms with Crippen LogP contribution in [0.1, 0.15) is 66.1 Å². The van der Waals surface area contributed by atoms with Crippen molar-refractivity contribution in [3.63, 3.8) is 0 Å². The molecule has 182 valence electrons. The van der Waals surface area contributed by atoms with E-state index < -0.39 is 0 Å². The van der Waals surface area contributed by atoms with E-state index in [9.17, 15) is 9.59 Å². The highest BCUT2D eigenvalue weighted by molar-refractivity contribution is 5.95. The Morgan fingerprint density at radius 2 is 2.06 bits per heavy atom. The lowest BCUT2D eigenvalue weighted by Gasteiger charge is -2.14. The molecule has 4 rings (SSSR count). The number of nitrogens with zero attached hydrogens (tertiary/aromatic N) is 3. The number of imidazole rings is 1. The second-order valence-corrected chi connectivity index (χ2v) is 8.96. The van der Waals surface area contributed by atoms with Crippen molar-refractivity contribution in [1.82, 2.24) is 24.7 Å². The summed E-state index contributed by atoms with van der Waals surface area (Å²) in [4.78, 5) is 37.8. The number of aromatic amines is 1. The van der Waals surface area contributed by atoms with Crippen LogP contribution in [0.2, 0.25) is 0 Å². The van der Waals surface area contributed by atoms with E-state index in [4.69, 9.17) is 4.74 Å². The summed E-state index contributed by atoms with van der Waals surface area (Å²) in [5, 5.41) is 2.96. The summed E-state index contributed by atoms with van der Waals surface area (Å²) < 4.78 is 7.33. The van der Waals surface area contributed by atoms with Crippen molar-refractivity contribution < 1.29 is 9.53 Å². The molecule has 2 N–H and O–H groups in total. The third kappa shape index (κ3) is 4.82. The van der Waals surface area contributed by atoms with Crippen LogP contribution in [0.3, 0.4) is 0 Å². The van der Waals surface area contributed by atoms with Crippen LogP contribution in [0.4, 0.5) is 0 Å². The minimum absolute atomic E-state index is 0.136. The molecule has 35 heavy (non-hydrogen) atoms. The fourth-order valence-corrected chi connectivity index (χ4v) is 4.40. The average Bonchev–Trinajstić information content (AvgIpc) is 3.27. The molecule has 0 atom stereocenters. The molecule has 0 saturated carbocycles. The minimum Gasteiger partial charge on any atom is -0.496 e.